The molecular weight excluding hydrogens is 160 g/mol. The highest BCUT2D eigenvalue weighted by Crippen LogP contribution is 2.12. The van der Waals surface area contributed by atoms with Gasteiger partial charge in [0.05, 0.1) is 0 Å². The Balaban J connectivity index is 2.23. The van der Waals surface area contributed by atoms with Crippen LogP contribution in [-0.4, -0.2) is 31.1 Å². The van der Waals surface area contributed by atoms with E-state index < -0.39 is 0 Å². The highest BCUT2D eigenvalue weighted by Gasteiger charge is 2.11. The molecular formula is C11H22N2. The first-order valence-corrected chi connectivity index (χ1v) is 5.30. The summed E-state index contributed by atoms with van der Waals surface area (Å²) in [6.45, 7) is 8.92. The molecule has 0 fully saturated rings. The maximum atomic E-state index is 5.53. The summed E-state index contributed by atoms with van der Waals surface area (Å²) in [6.07, 6.45) is 4.74. The maximum absolute atomic E-state index is 5.53. The van der Waals surface area contributed by atoms with Gasteiger partial charge in [-0.25, -0.2) is 0 Å². The van der Waals surface area contributed by atoms with Gasteiger partial charge < -0.3 is 5.73 Å². The van der Waals surface area contributed by atoms with Gasteiger partial charge in [-0.1, -0.05) is 18.6 Å². The van der Waals surface area contributed by atoms with Crippen LogP contribution in [0.15, 0.2) is 11.6 Å². The summed E-state index contributed by atoms with van der Waals surface area (Å²) < 4.78 is 0. The standard InChI is InChI=1S/C11H22N2/c1-10-4-7-13(8-5-10)9-11(2)3-6-12/h4,11H,3,5-9,12H2,1-2H3. The van der Waals surface area contributed by atoms with Crippen LogP contribution in [-0.2, 0) is 0 Å². The SMILES string of the molecule is CC1=CCN(CC(C)CCN)CC1. The van der Waals surface area contributed by atoms with Crippen molar-refractivity contribution in [3.05, 3.63) is 11.6 Å². The van der Waals surface area contributed by atoms with Crippen molar-refractivity contribution < 1.29 is 0 Å². The molecule has 0 saturated carbocycles. The predicted octanol–water partition coefficient (Wildman–Crippen LogP) is 1.62. The van der Waals surface area contributed by atoms with Crippen LogP contribution < -0.4 is 5.73 Å². The van der Waals surface area contributed by atoms with Crippen molar-refractivity contribution in [1.29, 1.82) is 0 Å². The smallest absolute Gasteiger partial charge is 0.0165 e. The van der Waals surface area contributed by atoms with Crippen LogP contribution in [0, 0.1) is 5.92 Å². The Bertz CT molecular complexity index is 175. The molecule has 13 heavy (non-hydrogen) atoms. The second kappa shape index (κ2) is 5.40. The largest absolute Gasteiger partial charge is 0.330 e. The minimum atomic E-state index is 0.747. The molecule has 1 atom stereocenters. The van der Waals surface area contributed by atoms with Gasteiger partial charge in [0.2, 0.25) is 0 Å². The third kappa shape index (κ3) is 3.92. The summed E-state index contributed by atoms with van der Waals surface area (Å²) in [5.41, 5.74) is 7.07. The molecule has 0 saturated heterocycles. The fourth-order valence-corrected chi connectivity index (χ4v) is 1.80. The van der Waals surface area contributed by atoms with E-state index in [0.29, 0.717) is 0 Å². The minimum absolute atomic E-state index is 0.747. The number of hydrogen-bond acceptors (Lipinski definition) is 2. The molecule has 0 aromatic heterocycles. The van der Waals surface area contributed by atoms with Gasteiger partial charge in [0.1, 0.15) is 0 Å². The van der Waals surface area contributed by atoms with Gasteiger partial charge in [-0.2, -0.15) is 0 Å². The highest BCUT2D eigenvalue weighted by molar-refractivity contribution is 5.03. The first-order chi connectivity index (χ1) is 6.22. The fourth-order valence-electron chi connectivity index (χ4n) is 1.80. The average Bonchev–Trinajstić information content (AvgIpc) is 2.09. The van der Waals surface area contributed by atoms with E-state index >= 15 is 0 Å². The zero-order valence-electron chi connectivity index (χ0n) is 8.92. The summed E-state index contributed by atoms with van der Waals surface area (Å²) in [4.78, 5) is 2.52. The highest BCUT2D eigenvalue weighted by atomic mass is 15.1. The van der Waals surface area contributed by atoms with Gasteiger partial charge in [-0.05, 0) is 32.2 Å². The van der Waals surface area contributed by atoms with E-state index in [9.17, 15) is 0 Å². The molecule has 2 N–H and O–H groups in total. The van der Waals surface area contributed by atoms with Crippen molar-refractivity contribution in [3.8, 4) is 0 Å². The molecule has 0 aliphatic carbocycles. The van der Waals surface area contributed by atoms with Gasteiger partial charge >= 0.3 is 0 Å². The molecule has 0 bridgehead atoms. The molecule has 2 nitrogen and oxygen atoms in total. The van der Waals surface area contributed by atoms with Gasteiger partial charge in [0, 0.05) is 19.6 Å². The maximum Gasteiger partial charge on any atom is 0.0165 e. The topological polar surface area (TPSA) is 29.3 Å². The Kier molecular flexibility index (Phi) is 4.46. The van der Waals surface area contributed by atoms with Crippen LogP contribution in [0.1, 0.15) is 26.7 Å². The van der Waals surface area contributed by atoms with Crippen LogP contribution in [0.5, 0.6) is 0 Å². The zero-order valence-corrected chi connectivity index (χ0v) is 8.92. The average molecular weight is 182 g/mol. The minimum Gasteiger partial charge on any atom is -0.330 e. The fraction of sp³-hybridized carbons (Fsp3) is 0.818. The number of nitrogens with two attached hydrogens (primary N) is 1. The van der Waals surface area contributed by atoms with Gasteiger partial charge in [0.25, 0.3) is 0 Å². The van der Waals surface area contributed by atoms with Crippen LogP contribution >= 0.6 is 0 Å². The lowest BCUT2D eigenvalue weighted by Gasteiger charge is -2.27. The Hall–Kier alpha value is -0.340. The van der Waals surface area contributed by atoms with Gasteiger partial charge in [-0.3, -0.25) is 4.90 Å². The van der Waals surface area contributed by atoms with Crippen molar-refractivity contribution >= 4 is 0 Å². The lowest BCUT2D eigenvalue weighted by atomic mass is 10.1. The molecule has 0 spiro atoms. The number of nitrogens with zero attached hydrogens (tertiary/aromatic N) is 1. The molecule has 2 heteroatoms. The summed E-state index contributed by atoms with van der Waals surface area (Å²) >= 11 is 0. The van der Waals surface area contributed by atoms with E-state index in [1.807, 2.05) is 0 Å². The third-order valence-corrected chi connectivity index (χ3v) is 2.75. The second-order valence-electron chi connectivity index (χ2n) is 4.24. The monoisotopic (exact) mass is 182 g/mol. The van der Waals surface area contributed by atoms with Crippen LogP contribution in [0.4, 0.5) is 0 Å². The quantitative estimate of drug-likeness (QED) is 0.669. The van der Waals surface area contributed by atoms with Crippen LogP contribution in [0.3, 0.4) is 0 Å². The molecule has 0 aromatic carbocycles. The molecule has 1 rings (SSSR count). The Labute approximate surface area is 81.8 Å². The van der Waals surface area contributed by atoms with Gasteiger partial charge in [-0.15, -0.1) is 0 Å². The van der Waals surface area contributed by atoms with Crippen molar-refractivity contribution in [2.75, 3.05) is 26.2 Å². The van der Waals surface area contributed by atoms with E-state index in [1.165, 1.54) is 19.5 Å². The van der Waals surface area contributed by atoms with Crippen LogP contribution in [0.25, 0.3) is 0 Å². The molecule has 0 radical (unpaired) electrons. The predicted molar refractivity (Wildman–Crippen MR) is 57.6 cm³/mol. The molecule has 1 unspecified atom stereocenters. The summed E-state index contributed by atoms with van der Waals surface area (Å²) in [5.74, 6) is 0.747. The Morgan fingerprint density at radius 2 is 2.38 bits per heavy atom. The zero-order chi connectivity index (χ0) is 9.68. The lowest BCUT2D eigenvalue weighted by Crippen LogP contribution is -2.33. The van der Waals surface area contributed by atoms with E-state index in [4.69, 9.17) is 5.73 Å². The number of hydrogen-bond donors (Lipinski definition) is 1. The van der Waals surface area contributed by atoms with Crippen molar-refractivity contribution in [2.45, 2.75) is 26.7 Å². The second-order valence-corrected chi connectivity index (χ2v) is 4.24. The molecule has 1 aliphatic heterocycles. The van der Waals surface area contributed by atoms with E-state index in [1.54, 1.807) is 5.57 Å². The molecule has 76 valence electrons. The van der Waals surface area contributed by atoms with E-state index in [2.05, 4.69) is 24.8 Å². The normalized spacial score (nSPS) is 21.3. The van der Waals surface area contributed by atoms with Crippen molar-refractivity contribution in [1.82, 2.24) is 4.90 Å². The summed E-state index contributed by atoms with van der Waals surface area (Å²) in [7, 11) is 0. The van der Waals surface area contributed by atoms with Crippen molar-refractivity contribution in [2.24, 2.45) is 11.7 Å². The Morgan fingerprint density at radius 3 is 2.92 bits per heavy atom. The van der Waals surface area contributed by atoms with Gasteiger partial charge in [0.15, 0.2) is 0 Å². The summed E-state index contributed by atoms with van der Waals surface area (Å²) in [6, 6.07) is 0. The molecule has 0 amide bonds. The third-order valence-electron chi connectivity index (χ3n) is 2.75. The molecule has 0 aromatic rings. The molecule has 1 heterocycles. The summed E-state index contributed by atoms with van der Waals surface area (Å²) in [5, 5.41) is 0. The number of rotatable bonds is 4. The first-order valence-electron chi connectivity index (χ1n) is 5.30. The van der Waals surface area contributed by atoms with Crippen molar-refractivity contribution in [3.63, 3.8) is 0 Å². The van der Waals surface area contributed by atoms with Crippen LogP contribution in [0.2, 0.25) is 0 Å². The lowest BCUT2D eigenvalue weighted by molar-refractivity contribution is 0.249. The van der Waals surface area contributed by atoms with E-state index in [0.717, 1.165) is 25.4 Å². The molecule has 1 aliphatic rings. The first kappa shape index (κ1) is 10.7. The van der Waals surface area contributed by atoms with E-state index in [-0.39, 0.29) is 0 Å². The Morgan fingerprint density at radius 1 is 1.62 bits per heavy atom.